The zero-order valence-electron chi connectivity index (χ0n) is 12.1. The smallest absolute Gasteiger partial charge is 0.331 e. The zero-order chi connectivity index (χ0) is 15.6. The highest BCUT2D eigenvalue weighted by Crippen LogP contribution is 2.02. The van der Waals surface area contributed by atoms with Crippen molar-refractivity contribution in [3.8, 4) is 0 Å². The van der Waals surface area contributed by atoms with Gasteiger partial charge in [-0.05, 0) is 13.3 Å². The van der Waals surface area contributed by atoms with Crippen LogP contribution < -0.4 is 11.2 Å². The maximum atomic E-state index is 12.0. The van der Waals surface area contributed by atoms with Gasteiger partial charge in [0.15, 0.2) is 11.6 Å². The lowest BCUT2D eigenvalue weighted by Gasteiger charge is -2.07. The summed E-state index contributed by atoms with van der Waals surface area (Å²) in [7, 11) is 1.33. The largest absolute Gasteiger partial charge is 0.339 e. The summed E-state index contributed by atoms with van der Waals surface area (Å²) in [5.74, 6) is 0.426. The predicted octanol–water partition coefficient (Wildman–Crippen LogP) is 0.133. The molecule has 2 aromatic heterocycles. The van der Waals surface area contributed by atoms with Crippen molar-refractivity contribution in [3.63, 3.8) is 0 Å². The summed E-state index contributed by atoms with van der Waals surface area (Å²) in [6.45, 7) is 3.31. The van der Waals surface area contributed by atoms with E-state index in [0.717, 1.165) is 11.0 Å². The van der Waals surface area contributed by atoms with Crippen LogP contribution in [-0.2, 0) is 20.0 Å². The van der Waals surface area contributed by atoms with Crippen molar-refractivity contribution < 1.29 is 9.32 Å². The standard InChI is InChI=1S/C13H16N4O4/c1-4-5-11-14-10(15-21-11)7-17-6-9(8(2)18)12(19)16(3)13(17)20/h6H,4-5,7H2,1-3H3. The number of ketones is 1. The van der Waals surface area contributed by atoms with Gasteiger partial charge >= 0.3 is 5.69 Å². The highest BCUT2D eigenvalue weighted by molar-refractivity contribution is 5.93. The van der Waals surface area contributed by atoms with Crippen molar-refractivity contribution in [2.75, 3.05) is 0 Å². The van der Waals surface area contributed by atoms with Gasteiger partial charge in [0.2, 0.25) is 5.89 Å². The zero-order valence-corrected chi connectivity index (χ0v) is 12.1. The highest BCUT2D eigenvalue weighted by atomic mass is 16.5. The Morgan fingerprint density at radius 3 is 2.71 bits per heavy atom. The molecule has 0 aromatic carbocycles. The van der Waals surface area contributed by atoms with Crippen LogP contribution in [0.4, 0.5) is 0 Å². The second-order valence-corrected chi connectivity index (χ2v) is 4.73. The average molecular weight is 292 g/mol. The van der Waals surface area contributed by atoms with Crippen molar-refractivity contribution >= 4 is 5.78 Å². The topological polar surface area (TPSA) is 100.0 Å². The number of aryl methyl sites for hydroxylation is 1. The Bertz CT molecular complexity index is 784. The van der Waals surface area contributed by atoms with Crippen LogP contribution in [0.15, 0.2) is 20.3 Å². The number of hydrogen-bond acceptors (Lipinski definition) is 6. The van der Waals surface area contributed by atoms with Crippen molar-refractivity contribution in [1.82, 2.24) is 19.3 Å². The maximum Gasteiger partial charge on any atom is 0.331 e. The molecule has 8 heteroatoms. The van der Waals surface area contributed by atoms with Gasteiger partial charge < -0.3 is 4.52 Å². The molecule has 0 fully saturated rings. The van der Waals surface area contributed by atoms with Crippen LogP contribution in [0, 0.1) is 0 Å². The molecular weight excluding hydrogens is 276 g/mol. The van der Waals surface area contributed by atoms with Gasteiger partial charge in [-0.15, -0.1) is 0 Å². The van der Waals surface area contributed by atoms with Gasteiger partial charge in [-0.2, -0.15) is 4.98 Å². The summed E-state index contributed by atoms with van der Waals surface area (Å²) in [6.07, 6.45) is 2.77. The molecule has 0 spiro atoms. The highest BCUT2D eigenvalue weighted by Gasteiger charge is 2.14. The number of aromatic nitrogens is 4. The Balaban J connectivity index is 2.41. The van der Waals surface area contributed by atoms with E-state index in [2.05, 4.69) is 10.1 Å². The number of Topliss-reactive ketones (excluding diaryl/α,β-unsaturated/α-hetero) is 1. The van der Waals surface area contributed by atoms with E-state index < -0.39 is 17.0 Å². The lowest BCUT2D eigenvalue weighted by atomic mass is 10.2. The van der Waals surface area contributed by atoms with Crippen LogP contribution in [0.1, 0.15) is 42.3 Å². The van der Waals surface area contributed by atoms with E-state index in [4.69, 9.17) is 4.52 Å². The normalized spacial score (nSPS) is 10.8. The molecule has 0 N–H and O–H groups in total. The maximum absolute atomic E-state index is 12.0. The molecule has 21 heavy (non-hydrogen) atoms. The van der Waals surface area contributed by atoms with Gasteiger partial charge in [0.05, 0.1) is 12.1 Å². The molecule has 2 aromatic rings. The molecule has 2 heterocycles. The molecule has 112 valence electrons. The van der Waals surface area contributed by atoms with Crippen molar-refractivity contribution in [2.24, 2.45) is 7.05 Å². The van der Waals surface area contributed by atoms with Crippen LogP contribution in [0.3, 0.4) is 0 Å². The van der Waals surface area contributed by atoms with Crippen molar-refractivity contribution in [1.29, 1.82) is 0 Å². The van der Waals surface area contributed by atoms with Gasteiger partial charge in [-0.1, -0.05) is 12.1 Å². The first-order valence-electron chi connectivity index (χ1n) is 6.57. The predicted molar refractivity (Wildman–Crippen MR) is 73.3 cm³/mol. The average Bonchev–Trinajstić information content (AvgIpc) is 2.87. The fourth-order valence-electron chi connectivity index (χ4n) is 1.90. The SMILES string of the molecule is CCCc1nc(Cn2cc(C(C)=O)c(=O)n(C)c2=O)no1. The van der Waals surface area contributed by atoms with Crippen LogP contribution in [0.5, 0.6) is 0 Å². The first-order chi connectivity index (χ1) is 9.93. The van der Waals surface area contributed by atoms with Crippen LogP contribution >= 0.6 is 0 Å². The quantitative estimate of drug-likeness (QED) is 0.726. The molecule has 0 aliphatic heterocycles. The van der Waals surface area contributed by atoms with Crippen LogP contribution in [0.25, 0.3) is 0 Å². The molecule has 2 rings (SSSR count). The fraction of sp³-hybridized carbons (Fsp3) is 0.462. The minimum absolute atomic E-state index is 0.0421. The van der Waals surface area contributed by atoms with Crippen LogP contribution in [-0.4, -0.2) is 25.1 Å². The summed E-state index contributed by atoms with van der Waals surface area (Å²) < 4.78 is 7.15. The van der Waals surface area contributed by atoms with Gasteiger partial charge in [-0.25, -0.2) is 4.79 Å². The van der Waals surface area contributed by atoms with Crippen molar-refractivity contribution in [3.05, 3.63) is 44.3 Å². The molecule has 8 nitrogen and oxygen atoms in total. The number of carbonyl (C=O) groups is 1. The Morgan fingerprint density at radius 2 is 2.10 bits per heavy atom. The lowest BCUT2D eigenvalue weighted by molar-refractivity contribution is 0.101. The number of hydrogen-bond donors (Lipinski definition) is 0. The molecule has 0 bridgehead atoms. The molecule has 0 radical (unpaired) electrons. The monoisotopic (exact) mass is 292 g/mol. The first-order valence-corrected chi connectivity index (χ1v) is 6.57. The van der Waals surface area contributed by atoms with E-state index in [1.807, 2.05) is 6.92 Å². The minimum atomic E-state index is -0.608. The van der Waals surface area contributed by atoms with E-state index in [0.29, 0.717) is 18.1 Å². The molecule has 0 saturated heterocycles. The third-order valence-corrected chi connectivity index (χ3v) is 3.02. The van der Waals surface area contributed by atoms with Crippen LogP contribution in [0.2, 0.25) is 0 Å². The summed E-state index contributed by atoms with van der Waals surface area (Å²) in [5.41, 5.74) is -1.19. The van der Waals surface area contributed by atoms with Gasteiger partial charge in [0.25, 0.3) is 5.56 Å². The Labute approximate surface area is 120 Å². The first kappa shape index (κ1) is 14.9. The second kappa shape index (κ2) is 5.86. The van der Waals surface area contributed by atoms with E-state index in [9.17, 15) is 14.4 Å². The Hall–Kier alpha value is -2.51. The number of carbonyl (C=O) groups excluding carboxylic acids is 1. The molecule has 0 aliphatic carbocycles. The minimum Gasteiger partial charge on any atom is -0.339 e. The summed E-state index contributed by atoms with van der Waals surface area (Å²) >= 11 is 0. The summed E-state index contributed by atoms with van der Waals surface area (Å²) in [5, 5.41) is 3.78. The summed E-state index contributed by atoms with van der Waals surface area (Å²) in [4.78, 5) is 39.4. The molecular formula is C13H16N4O4. The second-order valence-electron chi connectivity index (χ2n) is 4.73. The number of nitrogens with zero attached hydrogens (tertiary/aromatic N) is 4. The Kier molecular flexibility index (Phi) is 4.15. The van der Waals surface area contributed by atoms with Gasteiger partial charge in [-0.3, -0.25) is 18.7 Å². The molecule has 0 amide bonds. The third-order valence-electron chi connectivity index (χ3n) is 3.02. The van der Waals surface area contributed by atoms with Gasteiger partial charge in [0, 0.05) is 19.7 Å². The molecule has 0 aliphatic rings. The van der Waals surface area contributed by atoms with Gasteiger partial charge in [0.1, 0.15) is 0 Å². The van der Waals surface area contributed by atoms with E-state index >= 15 is 0 Å². The third kappa shape index (κ3) is 2.99. The fourth-order valence-corrected chi connectivity index (χ4v) is 1.90. The number of rotatable bonds is 5. The van der Waals surface area contributed by atoms with E-state index in [1.54, 1.807) is 0 Å². The van der Waals surface area contributed by atoms with E-state index in [1.165, 1.54) is 24.7 Å². The summed E-state index contributed by atoms with van der Waals surface area (Å²) in [6, 6.07) is 0. The van der Waals surface area contributed by atoms with Crippen molar-refractivity contribution in [2.45, 2.75) is 33.2 Å². The Morgan fingerprint density at radius 1 is 1.38 bits per heavy atom. The molecule has 0 unspecified atom stereocenters. The van der Waals surface area contributed by atoms with E-state index in [-0.39, 0.29) is 12.1 Å². The molecule has 0 atom stereocenters. The lowest BCUT2D eigenvalue weighted by Crippen LogP contribution is -2.40. The molecule has 0 saturated carbocycles.